The van der Waals surface area contributed by atoms with Gasteiger partial charge in [0, 0.05) is 12.5 Å². The molecule has 3 N–H and O–H groups in total. The molecule has 0 spiro atoms. The number of nitrogens with one attached hydrogen (secondary N) is 1. The smallest absolute Gasteiger partial charge is 0.327 e. The summed E-state index contributed by atoms with van der Waals surface area (Å²) < 4.78 is 36.6. The van der Waals surface area contributed by atoms with Gasteiger partial charge in [-0.05, 0) is 19.1 Å². The second-order valence-corrected chi connectivity index (χ2v) is 3.66. The highest BCUT2D eigenvalue weighted by molar-refractivity contribution is 5.90. The van der Waals surface area contributed by atoms with Gasteiger partial charge >= 0.3 is 6.18 Å². The molecule has 94 valence electrons. The van der Waals surface area contributed by atoms with Crippen LogP contribution in [0.1, 0.15) is 19.0 Å². The zero-order valence-corrected chi connectivity index (χ0v) is 9.08. The molecule has 0 bridgehead atoms. The van der Waals surface area contributed by atoms with Crippen LogP contribution < -0.4 is 11.1 Å². The van der Waals surface area contributed by atoms with E-state index < -0.39 is 11.9 Å². The van der Waals surface area contributed by atoms with Gasteiger partial charge in [0.1, 0.15) is 5.69 Å². The molecule has 1 heterocycles. The molecule has 0 fully saturated rings. The molecule has 1 rings (SSSR count). The predicted molar refractivity (Wildman–Crippen MR) is 56.1 cm³/mol. The number of carbonyl (C=O) groups excluding carboxylic acids is 1. The van der Waals surface area contributed by atoms with E-state index in [0.717, 1.165) is 18.3 Å². The molecule has 0 saturated carbocycles. The number of rotatable bonds is 3. The van der Waals surface area contributed by atoms with Crippen molar-refractivity contribution in [3.8, 4) is 0 Å². The van der Waals surface area contributed by atoms with Gasteiger partial charge in [-0.1, -0.05) is 0 Å². The third-order valence-electron chi connectivity index (χ3n) is 1.85. The number of hydrogen-bond donors (Lipinski definition) is 2. The van der Waals surface area contributed by atoms with Crippen molar-refractivity contribution in [2.45, 2.75) is 25.6 Å². The number of halogens is 3. The molecule has 0 radical (unpaired) electrons. The fourth-order valence-corrected chi connectivity index (χ4v) is 1.14. The Bertz CT molecular complexity index is 387. The van der Waals surface area contributed by atoms with E-state index in [4.69, 9.17) is 5.73 Å². The zero-order chi connectivity index (χ0) is 13.1. The van der Waals surface area contributed by atoms with Crippen LogP contribution in [0.3, 0.4) is 0 Å². The van der Waals surface area contributed by atoms with Gasteiger partial charge in [0.2, 0.25) is 5.91 Å². The minimum atomic E-state index is -4.48. The number of hydrogen-bond acceptors (Lipinski definition) is 3. The van der Waals surface area contributed by atoms with E-state index in [0.29, 0.717) is 0 Å². The van der Waals surface area contributed by atoms with E-state index >= 15 is 0 Å². The summed E-state index contributed by atoms with van der Waals surface area (Å²) in [5, 5.41) is 2.40. The minimum Gasteiger partial charge on any atom is -0.327 e. The van der Waals surface area contributed by atoms with Crippen molar-refractivity contribution in [2.24, 2.45) is 5.73 Å². The highest BCUT2D eigenvalue weighted by atomic mass is 19.4. The summed E-state index contributed by atoms with van der Waals surface area (Å²) in [5.41, 5.74) is 4.62. The average molecular weight is 247 g/mol. The van der Waals surface area contributed by atoms with E-state index in [1.165, 1.54) is 0 Å². The van der Waals surface area contributed by atoms with Crippen molar-refractivity contribution in [1.82, 2.24) is 4.98 Å². The lowest BCUT2D eigenvalue weighted by molar-refractivity contribution is -0.141. The average Bonchev–Trinajstić information content (AvgIpc) is 2.15. The Balaban J connectivity index is 2.66. The maximum Gasteiger partial charge on any atom is 0.433 e. The molecule has 1 aromatic rings. The highest BCUT2D eigenvalue weighted by Gasteiger charge is 2.32. The molecule has 7 heteroatoms. The summed E-state index contributed by atoms with van der Waals surface area (Å²) in [6, 6.07) is 1.65. The SMILES string of the molecule is CC(N)CC(=O)Nc1ccc(C(F)(F)F)nc1. The quantitative estimate of drug-likeness (QED) is 0.855. The molecular formula is C10H12F3N3O. The normalized spacial score (nSPS) is 13.2. The van der Waals surface area contributed by atoms with E-state index in [-0.39, 0.29) is 24.1 Å². The molecular weight excluding hydrogens is 235 g/mol. The van der Waals surface area contributed by atoms with Crippen LogP contribution in [0.15, 0.2) is 18.3 Å². The van der Waals surface area contributed by atoms with Crippen LogP contribution in [0, 0.1) is 0 Å². The first kappa shape index (κ1) is 13.4. The lowest BCUT2D eigenvalue weighted by atomic mass is 10.2. The zero-order valence-electron chi connectivity index (χ0n) is 9.08. The first-order chi connectivity index (χ1) is 7.79. The van der Waals surface area contributed by atoms with Crippen molar-refractivity contribution in [3.63, 3.8) is 0 Å². The van der Waals surface area contributed by atoms with Crippen LogP contribution in [0.2, 0.25) is 0 Å². The first-order valence-corrected chi connectivity index (χ1v) is 4.87. The Morgan fingerprint density at radius 2 is 2.18 bits per heavy atom. The van der Waals surface area contributed by atoms with Crippen molar-refractivity contribution in [2.75, 3.05) is 5.32 Å². The molecule has 0 aromatic carbocycles. The molecule has 1 aromatic heterocycles. The molecule has 0 aliphatic carbocycles. The van der Waals surface area contributed by atoms with E-state index in [1.54, 1.807) is 6.92 Å². The third-order valence-corrected chi connectivity index (χ3v) is 1.85. The van der Waals surface area contributed by atoms with Crippen LogP contribution in [0.4, 0.5) is 18.9 Å². The largest absolute Gasteiger partial charge is 0.433 e. The van der Waals surface area contributed by atoms with E-state index in [9.17, 15) is 18.0 Å². The van der Waals surface area contributed by atoms with Crippen LogP contribution >= 0.6 is 0 Å². The summed E-state index contributed by atoms with van der Waals surface area (Å²) in [4.78, 5) is 14.5. The number of nitrogens with zero attached hydrogens (tertiary/aromatic N) is 1. The van der Waals surface area contributed by atoms with E-state index in [1.807, 2.05) is 0 Å². The Morgan fingerprint density at radius 1 is 1.53 bits per heavy atom. The van der Waals surface area contributed by atoms with Crippen LogP contribution in [0.5, 0.6) is 0 Å². The first-order valence-electron chi connectivity index (χ1n) is 4.87. The van der Waals surface area contributed by atoms with E-state index in [2.05, 4.69) is 10.3 Å². The fraction of sp³-hybridized carbons (Fsp3) is 0.400. The van der Waals surface area contributed by atoms with Crippen LogP contribution in [-0.2, 0) is 11.0 Å². The third kappa shape index (κ3) is 4.39. The Morgan fingerprint density at radius 3 is 2.59 bits per heavy atom. The van der Waals surface area contributed by atoms with Crippen molar-refractivity contribution in [1.29, 1.82) is 0 Å². The fourth-order valence-electron chi connectivity index (χ4n) is 1.14. The highest BCUT2D eigenvalue weighted by Crippen LogP contribution is 2.27. The van der Waals surface area contributed by atoms with Gasteiger partial charge in [-0.2, -0.15) is 13.2 Å². The van der Waals surface area contributed by atoms with Gasteiger partial charge in [0.25, 0.3) is 0 Å². The summed E-state index contributed by atoms with van der Waals surface area (Å²) >= 11 is 0. The lowest BCUT2D eigenvalue weighted by Crippen LogP contribution is -2.24. The molecule has 4 nitrogen and oxygen atoms in total. The van der Waals surface area contributed by atoms with Gasteiger partial charge in [-0.3, -0.25) is 4.79 Å². The van der Waals surface area contributed by atoms with Gasteiger partial charge in [0.15, 0.2) is 0 Å². The maximum atomic E-state index is 12.2. The maximum absolute atomic E-state index is 12.2. The summed E-state index contributed by atoms with van der Waals surface area (Å²) in [6.07, 6.45) is -3.42. The number of carbonyl (C=O) groups is 1. The number of amides is 1. The van der Waals surface area contributed by atoms with Crippen molar-refractivity contribution >= 4 is 11.6 Å². The second-order valence-electron chi connectivity index (χ2n) is 3.66. The van der Waals surface area contributed by atoms with Crippen molar-refractivity contribution in [3.05, 3.63) is 24.0 Å². The van der Waals surface area contributed by atoms with Gasteiger partial charge in [-0.15, -0.1) is 0 Å². The standard InChI is InChI=1S/C10H12F3N3O/c1-6(14)4-9(17)16-7-2-3-8(15-5-7)10(11,12)13/h2-3,5-6H,4,14H2,1H3,(H,16,17). The van der Waals surface area contributed by atoms with Gasteiger partial charge in [-0.25, -0.2) is 4.98 Å². The van der Waals surface area contributed by atoms with Crippen LogP contribution in [-0.4, -0.2) is 16.9 Å². The summed E-state index contributed by atoms with van der Waals surface area (Å²) in [5.74, 6) is -0.360. The van der Waals surface area contributed by atoms with Crippen LogP contribution in [0.25, 0.3) is 0 Å². The van der Waals surface area contributed by atoms with Crippen molar-refractivity contribution < 1.29 is 18.0 Å². The Hall–Kier alpha value is -1.63. The monoisotopic (exact) mass is 247 g/mol. The molecule has 0 saturated heterocycles. The van der Waals surface area contributed by atoms with Gasteiger partial charge in [0.05, 0.1) is 11.9 Å². The molecule has 17 heavy (non-hydrogen) atoms. The number of pyridine rings is 1. The summed E-state index contributed by atoms with van der Waals surface area (Å²) in [6.45, 7) is 1.66. The number of nitrogens with two attached hydrogens (primary N) is 1. The Labute approximate surface area is 96.0 Å². The Kier molecular flexibility index (Phi) is 4.06. The number of anilines is 1. The molecule has 1 amide bonds. The second kappa shape index (κ2) is 5.13. The molecule has 0 aliphatic heterocycles. The molecule has 0 aliphatic rings. The summed E-state index contributed by atoms with van der Waals surface area (Å²) in [7, 11) is 0. The molecule has 1 unspecified atom stereocenters. The predicted octanol–water partition coefficient (Wildman–Crippen LogP) is 1.78. The van der Waals surface area contributed by atoms with Gasteiger partial charge < -0.3 is 11.1 Å². The molecule has 1 atom stereocenters. The lowest BCUT2D eigenvalue weighted by Gasteiger charge is -2.08. The number of alkyl halides is 3. The minimum absolute atomic E-state index is 0.0982. The number of aromatic nitrogens is 1. The topological polar surface area (TPSA) is 68.0 Å².